The maximum absolute atomic E-state index is 12.0. The first-order valence-electron chi connectivity index (χ1n) is 8.20. The van der Waals surface area contributed by atoms with E-state index in [0.29, 0.717) is 12.1 Å². The third kappa shape index (κ3) is 5.32. The Labute approximate surface area is 137 Å². The number of amides is 1. The van der Waals surface area contributed by atoms with E-state index in [1.807, 2.05) is 0 Å². The van der Waals surface area contributed by atoms with Gasteiger partial charge in [0.2, 0.25) is 0 Å². The first-order chi connectivity index (χ1) is 11.0. The standard InChI is InChI=1S/C17H25N3O3/c1-13-9-14(2)12-19(11-13)8-4-7-18-17(21)15-5-3-6-16(10-15)20(22)23/h3,5-6,10,13-14H,4,7-9,11-12H2,1-2H3,(H,18,21)/t13-,14-/m0/s1. The minimum atomic E-state index is -0.491. The third-order valence-electron chi connectivity index (χ3n) is 4.20. The number of nitro groups is 1. The summed E-state index contributed by atoms with van der Waals surface area (Å²) in [7, 11) is 0. The van der Waals surface area contributed by atoms with Crippen molar-refractivity contribution in [3.05, 3.63) is 39.9 Å². The highest BCUT2D eigenvalue weighted by atomic mass is 16.6. The lowest BCUT2D eigenvalue weighted by Crippen LogP contribution is -2.40. The Bertz CT molecular complexity index is 552. The summed E-state index contributed by atoms with van der Waals surface area (Å²) in [5.74, 6) is 1.21. The Morgan fingerprint density at radius 3 is 2.70 bits per heavy atom. The largest absolute Gasteiger partial charge is 0.352 e. The fourth-order valence-electron chi connectivity index (χ4n) is 3.34. The Balaban J connectivity index is 1.74. The van der Waals surface area contributed by atoms with Crippen molar-refractivity contribution in [3.63, 3.8) is 0 Å². The van der Waals surface area contributed by atoms with Crippen LogP contribution in [0.3, 0.4) is 0 Å². The Morgan fingerprint density at radius 1 is 1.35 bits per heavy atom. The smallest absolute Gasteiger partial charge is 0.270 e. The van der Waals surface area contributed by atoms with Gasteiger partial charge in [0.15, 0.2) is 0 Å². The van der Waals surface area contributed by atoms with Gasteiger partial charge in [-0.05, 0) is 37.3 Å². The van der Waals surface area contributed by atoms with Gasteiger partial charge in [0, 0.05) is 37.3 Å². The number of nitro benzene ring substituents is 1. The zero-order valence-corrected chi connectivity index (χ0v) is 13.8. The molecule has 1 aliphatic rings. The van der Waals surface area contributed by atoms with Crippen LogP contribution in [-0.4, -0.2) is 41.9 Å². The van der Waals surface area contributed by atoms with Crippen LogP contribution in [0.2, 0.25) is 0 Å². The molecule has 0 aromatic heterocycles. The molecule has 0 radical (unpaired) electrons. The van der Waals surface area contributed by atoms with Crippen LogP contribution in [-0.2, 0) is 0 Å². The number of piperidine rings is 1. The van der Waals surface area contributed by atoms with E-state index in [9.17, 15) is 14.9 Å². The number of hydrogen-bond donors (Lipinski definition) is 1. The Morgan fingerprint density at radius 2 is 2.04 bits per heavy atom. The molecule has 23 heavy (non-hydrogen) atoms. The van der Waals surface area contributed by atoms with Crippen LogP contribution in [0.5, 0.6) is 0 Å². The van der Waals surface area contributed by atoms with E-state index in [2.05, 4.69) is 24.1 Å². The molecule has 1 N–H and O–H groups in total. The number of nitrogens with one attached hydrogen (secondary N) is 1. The maximum Gasteiger partial charge on any atom is 0.270 e. The van der Waals surface area contributed by atoms with Gasteiger partial charge in [0.05, 0.1) is 4.92 Å². The summed E-state index contributed by atoms with van der Waals surface area (Å²) in [6.45, 7) is 8.39. The molecule has 1 aliphatic heterocycles. The molecule has 1 saturated heterocycles. The lowest BCUT2D eigenvalue weighted by Gasteiger charge is -2.34. The monoisotopic (exact) mass is 319 g/mol. The van der Waals surface area contributed by atoms with E-state index in [0.717, 1.165) is 37.9 Å². The molecule has 1 aromatic rings. The lowest BCUT2D eigenvalue weighted by atomic mass is 9.92. The van der Waals surface area contributed by atoms with Gasteiger partial charge in [-0.2, -0.15) is 0 Å². The summed E-state index contributed by atoms with van der Waals surface area (Å²) in [4.78, 5) is 24.7. The van der Waals surface area contributed by atoms with Crippen molar-refractivity contribution in [2.24, 2.45) is 11.8 Å². The number of rotatable bonds is 6. The average Bonchev–Trinajstić information content (AvgIpc) is 2.50. The van der Waals surface area contributed by atoms with Gasteiger partial charge in [-0.15, -0.1) is 0 Å². The van der Waals surface area contributed by atoms with Crippen LogP contribution in [0, 0.1) is 22.0 Å². The van der Waals surface area contributed by atoms with Crippen LogP contribution in [0.15, 0.2) is 24.3 Å². The first kappa shape index (κ1) is 17.4. The Kier molecular flexibility index (Phi) is 6.10. The molecule has 2 atom stereocenters. The number of hydrogen-bond acceptors (Lipinski definition) is 4. The quantitative estimate of drug-likeness (QED) is 0.497. The van der Waals surface area contributed by atoms with Crippen molar-refractivity contribution in [1.82, 2.24) is 10.2 Å². The molecule has 1 fully saturated rings. The second-order valence-electron chi connectivity index (χ2n) is 6.62. The number of nitrogens with zero attached hydrogens (tertiary/aromatic N) is 2. The highest BCUT2D eigenvalue weighted by Gasteiger charge is 2.21. The molecule has 6 nitrogen and oxygen atoms in total. The number of non-ortho nitro benzene ring substituents is 1. The molecule has 2 rings (SSSR count). The fourth-order valence-corrected chi connectivity index (χ4v) is 3.34. The second kappa shape index (κ2) is 8.06. The van der Waals surface area contributed by atoms with E-state index in [4.69, 9.17) is 0 Å². The topological polar surface area (TPSA) is 75.5 Å². The number of carbonyl (C=O) groups is 1. The molecule has 0 unspecified atom stereocenters. The van der Waals surface area contributed by atoms with Gasteiger partial charge >= 0.3 is 0 Å². The van der Waals surface area contributed by atoms with E-state index >= 15 is 0 Å². The number of benzene rings is 1. The van der Waals surface area contributed by atoms with Gasteiger partial charge in [0.25, 0.3) is 11.6 Å². The van der Waals surface area contributed by atoms with E-state index in [-0.39, 0.29) is 11.6 Å². The predicted octanol–water partition coefficient (Wildman–Crippen LogP) is 2.69. The molecule has 1 heterocycles. The minimum absolute atomic E-state index is 0.0612. The normalized spacial score (nSPS) is 21.8. The van der Waals surface area contributed by atoms with Gasteiger partial charge in [-0.1, -0.05) is 19.9 Å². The summed E-state index contributed by atoms with van der Waals surface area (Å²) < 4.78 is 0. The molecular weight excluding hydrogens is 294 g/mol. The highest BCUT2D eigenvalue weighted by molar-refractivity contribution is 5.94. The van der Waals surface area contributed by atoms with E-state index < -0.39 is 4.92 Å². The number of likely N-dealkylation sites (tertiary alicyclic amines) is 1. The van der Waals surface area contributed by atoms with E-state index in [1.54, 1.807) is 6.07 Å². The summed E-state index contributed by atoms with van der Waals surface area (Å²) >= 11 is 0. The van der Waals surface area contributed by atoms with Crippen molar-refractivity contribution in [3.8, 4) is 0 Å². The summed E-state index contributed by atoms with van der Waals surface area (Å²) in [6, 6.07) is 5.82. The molecule has 0 aliphatic carbocycles. The molecular formula is C17H25N3O3. The molecule has 126 valence electrons. The summed E-state index contributed by atoms with van der Waals surface area (Å²) in [5.41, 5.74) is 0.272. The maximum atomic E-state index is 12.0. The van der Waals surface area contributed by atoms with Gasteiger partial charge in [0.1, 0.15) is 0 Å². The summed E-state index contributed by atoms with van der Waals surface area (Å²) in [5, 5.41) is 13.6. The van der Waals surface area contributed by atoms with Crippen molar-refractivity contribution >= 4 is 11.6 Å². The molecule has 0 bridgehead atoms. The van der Waals surface area contributed by atoms with Gasteiger partial charge in [-0.3, -0.25) is 14.9 Å². The molecule has 0 saturated carbocycles. The number of carbonyl (C=O) groups excluding carboxylic acids is 1. The first-order valence-corrected chi connectivity index (χ1v) is 8.20. The second-order valence-corrected chi connectivity index (χ2v) is 6.62. The van der Waals surface area contributed by atoms with E-state index in [1.165, 1.54) is 24.6 Å². The average molecular weight is 319 g/mol. The zero-order chi connectivity index (χ0) is 16.8. The van der Waals surface area contributed by atoms with Crippen molar-refractivity contribution in [2.75, 3.05) is 26.2 Å². The predicted molar refractivity (Wildman–Crippen MR) is 89.4 cm³/mol. The van der Waals surface area contributed by atoms with Crippen molar-refractivity contribution in [2.45, 2.75) is 26.7 Å². The van der Waals surface area contributed by atoms with Gasteiger partial charge < -0.3 is 10.2 Å². The SMILES string of the molecule is C[C@H]1C[C@H](C)CN(CCCNC(=O)c2cccc([N+](=O)[O-])c2)C1. The lowest BCUT2D eigenvalue weighted by molar-refractivity contribution is -0.384. The van der Waals surface area contributed by atoms with Crippen molar-refractivity contribution in [1.29, 1.82) is 0 Å². The van der Waals surface area contributed by atoms with Crippen molar-refractivity contribution < 1.29 is 9.72 Å². The minimum Gasteiger partial charge on any atom is -0.352 e. The Hall–Kier alpha value is -1.95. The van der Waals surface area contributed by atoms with Crippen LogP contribution in [0.1, 0.15) is 37.0 Å². The molecule has 1 aromatic carbocycles. The van der Waals surface area contributed by atoms with Crippen LogP contribution < -0.4 is 5.32 Å². The fraction of sp³-hybridized carbons (Fsp3) is 0.588. The highest BCUT2D eigenvalue weighted by Crippen LogP contribution is 2.20. The van der Waals surface area contributed by atoms with Crippen LogP contribution >= 0.6 is 0 Å². The molecule has 1 amide bonds. The third-order valence-corrected chi connectivity index (χ3v) is 4.20. The zero-order valence-electron chi connectivity index (χ0n) is 13.8. The van der Waals surface area contributed by atoms with Gasteiger partial charge in [-0.25, -0.2) is 0 Å². The molecule has 6 heteroatoms. The summed E-state index contributed by atoms with van der Waals surface area (Å²) in [6.07, 6.45) is 2.18. The van der Waals surface area contributed by atoms with Crippen LogP contribution in [0.25, 0.3) is 0 Å². The molecule has 0 spiro atoms. The van der Waals surface area contributed by atoms with Crippen LogP contribution in [0.4, 0.5) is 5.69 Å².